The maximum absolute atomic E-state index is 12.4. The molecule has 0 saturated heterocycles. The molecule has 3 aromatic rings. The number of hydrogen-bond acceptors (Lipinski definition) is 5. The Morgan fingerprint density at radius 2 is 1.76 bits per heavy atom. The summed E-state index contributed by atoms with van der Waals surface area (Å²) in [6.07, 6.45) is 7.14. The predicted octanol–water partition coefficient (Wildman–Crippen LogP) is 3.74. The molecule has 29 heavy (non-hydrogen) atoms. The molecule has 0 unspecified atom stereocenters. The maximum Gasteiger partial charge on any atom is 0.331 e. The molecule has 1 aliphatic rings. The number of rotatable bonds is 4. The van der Waals surface area contributed by atoms with E-state index in [4.69, 9.17) is 0 Å². The van der Waals surface area contributed by atoms with Crippen molar-refractivity contribution in [3.63, 3.8) is 0 Å². The van der Waals surface area contributed by atoms with Gasteiger partial charge in [0.15, 0.2) is 0 Å². The first-order valence-corrected chi connectivity index (χ1v) is 10.00. The van der Waals surface area contributed by atoms with E-state index in [1.807, 2.05) is 42.5 Å². The zero-order valence-electron chi connectivity index (χ0n) is 16.1. The van der Waals surface area contributed by atoms with Crippen molar-refractivity contribution in [3.8, 4) is 5.88 Å². The van der Waals surface area contributed by atoms with Crippen molar-refractivity contribution in [3.05, 3.63) is 68.9 Å². The normalized spacial score (nSPS) is 15.6. The number of hydrogen-bond donors (Lipinski definition) is 3. The molecule has 1 saturated carbocycles. The first-order chi connectivity index (χ1) is 14.1. The number of hydrazone groups is 1. The number of H-pyrrole nitrogens is 1. The highest BCUT2D eigenvalue weighted by Crippen LogP contribution is 2.29. The molecule has 1 aromatic heterocycles. The van der Waals surface area contributed by atoms with Crippen molar-refractivity contribution < 1.29 is 5.11 Å². The van der Waals surface area contributed by atoms with Crippen LogP contribution >= 0.6 is 0 Å². The molecule has 1 fully saturated rings. The molecule has 150 valence electrons. The van der Waals surface area contributed by atoms with Crippen molar-refractivity contribution in [1.82, 2.24) is 9.55 Å². The Balaban J connectivity index is 1.65. The number of aromatic nitrogens is 2. The van der Waals surface area contributed by atoms with Crippen LogP contribution in [0, 0.1) is 0 Å². The van der Waals surface area contributed by atoms with Gasteiger partial charge >= 0.3 is 5.69 Å². The van der Waals surface area contributed by atoms with Gasteiger partial charge in [-0.15, -0.1) is 0 Å². The summed E-state index contributed by atoms with van der Waals surface area (Å²) in [7, 11) is 0. The molecule has 7 nitrogen and oxygen atoms in total. The Morgan fingerprint density at radius 3 is 2.55 bits per heavy atom. The van der Waals surface area contributed by atoms with Gasteiger partial charge in [-0.3, -0.25) is 19.8 Å². The van der Waals surface area contributed by atoms with Crippen LogP contribution in [0.2, 0.25) is 0 Å². The van der Waals surface area contributed by atoms with Crippen molar-refractivity contribution >= 4 is 22.7 Å². The van der Waals surface area contributed by atoms with E-state index in [-0.39, 0.29) is 17.5 Å². The van der Waals surface area contributed by atoms with Crippen LogP contribution in [0.1, 0.15) is 50.1 Å². The van der Waals surface area contributed by atoms with Gasteiger partial charge in [-0.25, -0.2) is 4.79 Å². The molecule has 0 atom stereocenters. The summed E-state index contributed by atoms with van der Waals surface area (Å²) >= 11 is 0. The molecule has 1 aliphatic carbocycles. The van der Waals surface area contributed by atoms with Gasteiger partial charge in [0.05, 0.1) is 11.9 Å². The first kappa shape index (κ1) is 19.0. The van der Waals surface area contributed by atoms with Gasteiger partial charge in [-0.2, -0.15) is 5.10 Å². The molecule has 2 aromatic carbocycles. The van der Waals surface area contributed by atoms with E-state index >= 15 is 0 Å². The lowest BCUT2D eigenvalue weighted by Gasteiger charge is -2.19. The van der Waals surface area contributed by atoms with E-state index in [1.54, 1.807) is 0 Å². The van der Waals surface area contributed by atoms with Crippen LogP contribution in [0.15, 0.2) is 57.2 Å². The Labute approximate surface area is 167 Å². The third kappa shape index (κ3) is 3.94. The van der Waals surface area contributed by atoms with Gasteiger partial charge in [0.25, 0.3) is 5.56 Å². The van der Waals surface area contributed by atoms with Crippen molar-refractivity contribution in [1.29, 1.82) is 0 Å². The van der Waals surface area contributed by atoms with Gasteiger partial charge in [-0.1, -0.05) is 62.1 Å². The van der Waals surface area contributed by atoms with Crippen molar-refractivity contribution in [2.24, 2.45) is 5.10 Å². The summed E-state index contributed by atoms with van der Waals surface area (Å²) in [6.45, 7) is 0. The summed E-state index contributed by atoms with van der Waals surface area (Å²) in [6, 6.07) is 13.6. The molecular formula is C22H24N4O3. The fourth-order valence-corrected chi connectivity index (χ4v) is 4.01. The van der Waals surface area contributed by atoms with Crippen LogP contribution in [0.5, 0.6) is 5.88 Å². The van der Waals surface area contributed by atoms with Gasteiger partial charge in [0.2, 0.25) is 5.88 Å². The second-order valence-corrected chi connectivity index (χ2v) is 7.41. The van der Waals surface area contributed by atoms with E-state index in [2.05, 4.69) is 15.5 Å². The highest BCUT2D eigenvalue weighted by atomic mass is 16.3. The quantitative estimate of drug-likeness (QED) is 0.358. The van der Waals surface area contributed by atoms with Crippen LogP contribution in [-0.4, -0.2) is 20.9 Å². The zero-order valence-corrected chi connectivity index (χ0v) is 16.1. The summed E-state index contributed by atoms with van der Waals surface area (Å²) in [5.41, 5.74) is 2.47. The van der Waals surface area contributed by atoms with E-state index in [9.17, 15) is 14.7 Å². The molecule has 7 heteroatoms. The minimum Gasteiger partial charge on any atom is -0.494 e. The smallest absolute Gasteiger partial charge is 0.331 e. The second-order valence-electron chi connectivity index (χ2n) is 7.41. The number of fused-ring (bicyclic) bond motifs is 1. The second kappa shape index (κ2) is 8.34. The van der Waals surface area contributed by atoms with Crippen LogP contribution in [0.3, 0.4) is 0 Å². The Kier molecular flexibility index (Phi) is 5.46. The highest BCUT2D eigenvalue weighted by molar-refractivity contribution is 5.94. The fourth-order valence-electron chi connectivity index (χ4n) is 4.01. The monoisotopic (exact) mass is 392 g/mol. The summed E-state index contributed by atoms with van der Waals surface area (Å²) in [4.78, 5) is 26.9. The van der Waals surface area contributed by atoms with E-state index in [1.165, 1.54) is 10.8 Å². The van der Waals surface area contributed by atoms with Crippen molar-refractivity contribution in [2.75, 3.05) is 5.43 Å². The minimum atomic E-state index is -0.652. The average Bonchev–Trinajstić information content (AvgIpc) is 3.00. The van der Waals surface area contributed by atoms with Crippen LogP contribution < -0.4 is 16.7 Å². The van der Waals surface area contributed by atoms with E-state index in [0.717, 1.165) is 55.0 Å². The van der Waals surface area contributed by atoms with E-state index in [0.29, 0.717) is 0 Å². The van der Waals surface area contributed by atoms with Gasteiger partial charge in [0.1, 0.15) is 5.56 Å². The number of aromatic hydroxyl groups is 1. The molecule has 4 rings (SSSR count). The summed E-state index contributed by atoms with van der Waals surface area (Å²) < 4.78 is 1.31. The lowest BCUT2D eigenvalue weighted by Crippen LogP contribution is -2.34. The molecule has 1 heterocycles. The van der Waals surface area contributed by atoms with Gasteiger partial charge < -0.3 is 5.11 Å². The SMILES string of the molecule is O=c1[nH]c(=O)n(C2CCCCCC2)c(O)c1C=NNc1cccc2ccccc12. The topological polar surface area (TPSA) is 99.5 Å². The molecule has 0 amide bonds. The third-order valence-electron chi connectivity index (χ3n) is 5.51. The third-order valence-corrected chi connectivity index (χ3v) is 5.51. The van der Waals surface area contributed by atoms with E-state index < -0.39 is 11.2 Å². The fraction of sp³-hybridized carbons (Fsp3) is 0.318. The maximum atomic E-state index is 12.4. The molecule has 0 bridgehead atoms. The number of aromatic amines is 1. The molecule has 0 spiro atoms. The minimum absolute atomic E-state index is 0.0263. The Morgan fingerprint density at radius 1 is 1.03 bits per heavy atom. The molecule has 3 N–H and O–H groups in total. The largest absolute Gasteiger partial charge is 0.494 e. The predicted molar refractivity (Wildman–Crippen MR) is 115 cm³/mol. The van der Waals surface area contributed by atoms with Crippen LogP contribution in [0.25, 0.3) is 10.8 Å². The lowest BCUT2D eigenvalue weighted by atomic mass is 10.1. The van der Waals surface area contributed by atoms with Gasteiger partial charge in [-0.05, 0) is 24.3 Å². The lowest BCUT2D eigenvalue weighted by molar-refractivity contribution is 0.339. The Bertz CT molecular complexity index is 1150. The average molecular weight is 392 g/mol. The number of nitrogens with one attached hydrogen (secondary N) is 2. The highest BCUT2D eigenvalue weighted by Gasteiger charge is 2.21. The molecular weight excluding hydrogens is 368 g/mol. The Hall–Kier alpha value is -3.35. The standard InChI is InChI=1S/C22H24N4O3/c27-20-18(14-23-25-19-13-7-9-15-8-5-6-12-17(15)19)21(28)26(22(29)24-20)16-10-3-1-2-4-11-16/h5-9,12-14,16,25,28H,1-4,10-11H2,(H,24,27,29). The number of anilines is 1. The van der Waals surface area contributed by atoms with Crippen molar-refractivity contribution in [2.45, 2.75) is 44.6 Å². The zero-order chi connectivity index (χ0) is 20.2. The summed E-state index contributed by atoms with van der Waals surface area (Å²) in [5.74, 6) is -0.325. The number of nitrogens with zero attached hydrogens (tertiary/aromatic N) is 2. The molecule has 0 radical (unpaired) electrons. The molecule has 0 aliphatic heterocycles. The number of benzene rings is 2. The van der Waals surface area contributed by atoms with Gasteiger partial charge in [0, 0.05) is 11.4 Å². The first-order valence-electron chi connectivity index (χ1n) is 10.00. The summed E-state index contributed by atoms with van der Waals surface area (Å²) in [5, 5.41) is 16.9. The van der Waals surface area contributed by atoms with Crippen LogP contribution in [-0.2, 0) is 0 Å². The van der Waals surface area contributed by atoms with Crippen LogP contribution in [0.4, 0.5) is 5.69 Å².